The standard InChI is InChI=1S/C14H19N3S2/c15-14(12-4-3-9-18-12)11-10-19-13(16-11)5-8-17-6-1-2-7-17/h3-4,9-10,14H,1-2,5-8,15H2. The minimum atomic E-state index is -0.0585. The Hall–Kier alpha value is -0.750. The molecule has 0 spiro atoms. The summed E-state index contributed by atoms with van der Waals surface area (Å²) in [5, 5.41) is 5.40. The van der Waals surface area contributed by atoms with Crippen molar-refractivity contribution >= 4 is 22.7 Å². The molecule has 1 aliphatic heterocycles. The van der Waals surface area contributed by atoms with Crippen molar-refractivity contribution in [3.8, 4) is 0 Å². The Kier molecular flexibility index (Phi) is 4.28. The molecule has 5 heteroatoms. The van der Waals surface area contributed by atoms with Crippen LogP contribution in [0.1, 0.15) is 34.5 Å². The molecule has 3 rings (SSSR count). The van der Waals surface area contributed by atoms with Crippen LogP contribution in [0.5, 0.6) is 0 Å². The fourth-order valence-electron chi connectivity index (χ4n) is 2.46. The minimum absolute atomic E-state index is 0.0585. The van der Waals surface area contributed by atoms with E-state index in [0.29, 0.717) is 0 Å². The van der Waals surface area contributed by atoms with E-state index in [2.05, 4.69) is 21.7 Å². The zero-order chi connectivity index (χ0) is 13.1. The zero-order valence-corrected chi connectivity index (χ0v) is 12.6. The second kappa shape index (κ2) is 6.13. The van der Waals surface area contributed by atoms with Crippen LogP contribution in [0.4, 0.5) is 0 Å². The van der Waals surface area contributed by atoms with Gasteiger partial charge in [-0.2, -0.15) is 0 Å². The first-order chi connectivity index (χ1) is 9.33. The summed E-state index contributed by atoms with van der Waals surface area (Å²) < 4.78 is 0. The summed E-state index contributed by atoms with van der Waals surface area (Å²) in [6, 6.07) is 4.07. The normalized spacial score (nSPS) is 17.9. The smallest absolute Gasteiger partial charge is 0.0941 e. The molecule has 1 atom stereocenters. The SMILES string of the molecule is NC(c1csc(CCN2CCCC2)n1)c1cccs1. The van der Waals surface area contributed by atoms with E-state index >= 15 is 0 Å². The van der Waals surface area contributed by atoms with Crippen LogP contribution < -0.4 is 5.73 Å². The van der Waals surface area contributed by atoms with E-state index in [0.717, 1.165) is 18.7 Å². The van der Waals surface area contributed by atoms with Crippen LogP contribution in [0.3, 0.4) is 0 Å². The lowest BCUT2D eigenvalue weighted by atomic mass is 10.2. The van der Waals surface area contributed by atoms with E-state index in [1.807, 2.05) is 6.07 Å². The first-order valence-electron chi connectivity index (χ1n) is 6.78. The van der Waals surface area contributed by atoms with Gasteiger partial charge in [-0.05, 0) is 37.4 Å². The van der Waals surface area contributed by atoms with Crippen molar-refractivity contribution in [1.82, 2.24) is 9.88 Å². The Labute approximate surface area is 122 Å². The van der Waals surface area contributed by atoms with E-state index in [-0.39, 0.29) is 6.04 Å². The highest BCUT2D eigenvalue weighted by Gasteiger charge is 2.15. The lowest BCUT2D eigenvalue weighted by Crippen LogP contribution is -2.22. The lowest BCUT2D eigenvalue weighted by Gasteiger charge is -2.12. The molecule has 0 aliphatic carbocycles. The predicted octanol–water partition coefficient (Wildman–Crippen LogP) is 2.89. The third kappa shape index (κ3) is 3.23. The van der Waals surface area contributed by atoms with Gasteiger partial charge in [0.1, 0.15) is 0 Å². The monoisotopic (exact) mass is 293 g/mol. The maximum Gasteiger partial charge on any atom is 0.0941 e. The molecule has 0 aromatic carbocycles. The molecule has 1 unspecified atom stereocenters. The number of hydrogen-bond donors (Lipinski definition) is 1. The molecule has 0 radical (unpaired) electrons. The second-order valence-electron chi connectivity index (χ2n) is 4.96. The molecule has 2 aromatic rings. The molecular weight excluding hydrogens is 274 g/mol. The Morgan fingerprint density at radius 3 is 2.89 bits per heavy atom. The van der Waals surface area contributed by atoms with Crippen LogP contribution in [0, 0.1) is 0 Å². The van der Waals surface area contributed by atoms with Crippen molar-refractivity contribution in [3.05, 3.63) is 38.5 Å². The van der Waals surface area contributed by atoms with Crippen molar-refractivity contribution in [2.75, 3.05) is 19.6 Å². The largest absolute Gasteiger partial charge is 0.318 e. The summed E-state index contributed by atoms with van der Waals surface area (Å²) in [7, 11) is 0. The summed E-state index contributed by atoms with van der Waals surface area (Å²) in [6.45, 7) is 3.65. The summed E-state index contributed by atoms with van der Waals surface area (Å²) in [5.74, 6) is 0. The van der Waals surface area contributed by atoms with Crippen LogP contribution in [-0.2, 0) is 6.42 Å². The summed E-state index contributed by atoms with van der Waals surface area (Å²) >= 11 is 3.45. The third-order valence-electron chi connectivity index (χ3n) is 3.58. The van der Waals surface area contributed by atoms with E-state index in [4.69, 9.17) is 10.7 Å². The van der Waals surface area contributed by atoms with Gasteiger partial charge in [0.05, 0.1) is 16.7 Å². The summed E-state index contributed by atoms with van der Waals surface area (Å²) in [5.41, 5.74) is 7.25. The van der Waals surface area contributed by atoms with E-state index < -0.39 is 0 Å². The maximum absolute atomic E-state index is 6.24. The topological polar surface area (TPSA) is 42.1 Å². The molecule has 19 heavy (non-hydrogen) atoms. The molecule has 0 amide bonds. The quantitative estimate of drug-likeness (QED) is 0.921. The number of hydrogen-bond acceptors (Lipinski definition) is 5. The minimum Gasteiger partial charge on any atom is -0.318 e. The fraction of sp³-hybridized carbons (Fsp3) is 0.500. The van der Waals surface area contributed by atoms with E-state index in [9.17, 15) is 0 Å². The Bertz CT molecular complexity index is 501. The highest BCUT2D eigenvalue weighted by Crippen LogP contribution is 2.25. The number of thiophene rings is 1. The Balaban J connectivity index is 1.59. The van der Waals surface area contributed by atoms with Gasteiger partial charge in [0, 0.05) is 23.2 Å². The molecule has 1 aliphatic rings. The van der Waals surface area contributed by atoms with Crippen LogP contribution >= 0.6 is 22.7 Å². The molecule has 2 N–H and O–H groups in total. The van der Waals surface area contributed by atoms with Crippen molar-refractivity contribution in [3.63, 3.8) is 0 Å². The van der Waals surface area contributed by atoms with Gasteiger partial charge in [0.25, 0.3) is 0 Å². The average molecular weight is 293 g/mol. The van der Waals surface area contributed by atoms with Gasteiger partial charge in [-0.3, -0.25) is 0 Å². The molecule has 102 valence electrons. The van der Waals surface area contributed by atoms with Gasteiger partial charge in [-0.25, -0.2) is 4.98 Å². The van der Waals surface area contributed by atoms with Crippen molar-refractivity contribution in [2.24, 2.45) is 5.73 Å². The fourth-order valence-corrected chi connectivity index (χ4v) is 4.02. The van der Waals surface area contributed by atoms with Crippen molar-refractivity contribution in [2.45, 2.75) is 25.3 Å². The number of nitrogens with zero attached hydrogens (tertiary/aromatic N) is 2. The first-order valence-corrected chi connectivity index (χ1v) is 8.54. The van der Waals surface area contributed by atoms with Gasteiger partial charge in [0.2, 0.25) is 0 Å². The molecular formula is C14H19N3S2. The number of thiazole rings is 1. The lowest BCUT2D eigenvalue weighted by molar-refractivity contribution is 0.343. The van der Waals surface area contributed by atoms with Gasteiger partial charge >= 0.3 is 0 Å². The second-order valence-corrected chi connectivity index (χ2v) is 6.88. The molecule has 1 fully saturated rings. The molecule has 3 heterocycles. The number of rotatable bonds is 5. The maximum atomic E-state index is 6.24. The predicted molar refractivity (Wildman–Crippen MR) is 81.8 cm³/mol. The van der Waals surface area contributed by atoms with Crippen LogP contribution in [-0.4, -0.2) is 29.5 Å². The Morgan fingerprint density at radius 1 is 1.32 bits per heavy atom. The van der Waals surface area contributed by atoms with Gasteiger partial charge < -0.3 is 10.6 Å². The van der Waals surface area contributed by atoms with E-state index in [1.54, 1.807) is 22.7 Å². The summed E-state index contributed by atoms with van der Waals surface area (Å²) in [6.07, 6.45) is 3.76. The zero-order valence-electron chi connectivity index (χ0n) is 10.9. The molecule has 3 nitrogen and oxygen atoms in total. The molecule has 0 saturated carbocycles. The third-order valence-corrected chi connectivity index (χ3v) is 5.46. The molecule has 2 aromatic heterocycles. The van der Waals surface area contributed by atoms with Crippen molar-refractivity contribution in [1.29, 1.82) is 0 Å². The van der Waals surface area contributed by atoms with Gasteiger partial charge in [-0.1, -0.05) is 6.07 Å². The first kappa shape index (κ1) is 13.2. The van der Waals surface area contributed by atoms with Gasteiger partial charge in [-0.15, -0.1) is 22.7 Å². The highest BCUT2D eigenvalue weighted by atomic mass is 32.1. The van der Waals surface area contributed by atoms with Gasteiger partial charge in [0.15, 0.2) is 0 Å². The van der Waals surface area contributed by atoms with E-state index in [1.165, 1.54) is 35.8 Å². The average Bonchev–Trinajstić information content (AvgIpc) is 3.16. The van der Waals surface area contributed by atoms with Crippen LogP contribution in [0.15, 0.2) is 22.9 Å². The molecule has 1 saturated heterocycles. The Morgan fingerprint density at radius 2 is 2.16 bits per heavy atom. The van der Waals surface area contributed by atoms with Crippen molar-refractivity contribution < 1.29 is 0 Å². The number of nitrogens with two attached hydrogens (primary N) is 1. The summed E-state index contributed by atoms with van der Waals surface area (Å²) in [4.78, 5) is 8.42. The number of aromatic nitrogens is 1. The van der Waals surface area contributed by atoms with Crippen LogP contribution in [0.2, 0.25) is 0 Å². The highest BCUT2D eigenvalue weighted by molar-refractivity contribution is 7.10. The number of likely N-dealkylation sites (tertiary alicyclic amines) is 1. The van der Waals surface area contributed by atoms with Crippen LogP contribution in [0.25, 0.3) is 0 Å². The molecule has 0 bridgehead atoms.